The number of ether oxygens (including phenoxy) is 1. The summed E-state index contributed by atoms with van der Waals surface area (Å²) in [4.78, 5) is 20.9. The zero-order valence-electron chi connectivity index (χ0n) is 17.7. The molecule has 0 unspecified atom stereocenters. The van der Waals surface area contributed by atoms with Gasteiger partial charge in [-0.15, -0.1) is 11.3 Å². The van der Waals surface area contributed by atoms with Crippen LogP contribution in [0.5, 0.6) is 0 Å². The van der Waals surface area contributed by atoms with E-state index in [9.17, 15) is 9.18 Å². The summed E-state index contributed by atoms with van der Waals surface area (Å²) in [5, 5.41) is 6.06. The Kier molecular flexibility index (Phi) is 6.10. The molecule has 0 atom stereocenters. The smallest absolute Gasteiger partial charge is 0.272 e. The maximum atomic E-state index is 13.3. The minimum atomic E-state index is -0.335. The summed E-state index contributed by atoms with van der Waals surface area (Å²) in [6.45, 7) is 3.22. The summed E-state index contributed by atoms with van der Waals surface area (Å²) in [5.74, 6) is -0.657. The number of pyridine rings is 1. The van der Waals surface area contributed by atoms with Gasteiger partial charge in [0.25, 0.3) is 5.91 Å². The van der Waals surface area contributed by atoms with E-state index in [1.165, 1.54) is 12.1 Å². The van der Waals surface area contributed by atoms with E-state index >= 15 is 0 Å². The molecule has 2 aromatic carbocycles. The molecule has 4 aromatic rings. The molecule has 3 heterocycles. The zero-order chi connectivity index (χ0) is 22.6. The van der Waals surface area contributed by atoms with E-state index in [4.69, 9.17) is 4.74 Å². The van der Waals surface area contributed by atoms with E-state index in [2.05, 4.69) is 26.5 Å². The van der Waals surface area contributed by atoms with Gasteiger partial charge in [-0.25, -0.2) is 14.8 Å². The predicted molar refractivity (Wildman–Crippen MR) is 130 cm³/mol. The van der Waals surface area contributed by atoms with E-state index in [0.29, 0.717) is 16.8 Å². The summed E-state index contributed by atoms with van der Waals surface area (Å²) in [6.07, 6.45) is 1.65. The molecule has 1 saturated heterocycles. The molecular formula is C25H21FN4O2S. The van der Waals surface area contributed by atoms with Gasteiger partial charge in [0.05, 0.1) is 41.2 Å². The lowest BCUT2D eigenvalue weighted by molar-refractivity contribution is 0.0956. The highest BCUT2D eigenvalue weighted by molar-refractivity contribution is 7.17. The lowest BCUT2D eigenvalue weighted by Gasteiger charge is -2.27. The second-order valence-electron chi connectivity index (χ2n) is 7.55. The van der Waals surface area contributed by atoms with Crippen LogP contribution in [0.25, 0.3) is 22.2 Å². The summed E-state index contributed by atoms with van der Waals surface area (Å²) in [6, 6.07) is 19.2. The van der Waals surface area contributed by atoms with Crippen molar-refractivity contribution >= 4 is 39.4 Å². The first-order valence-corrected chi connectivity index (χ1v) is 11.4. The number of rotatable bonds is 5. The number of hydrazone groups is 1. The molecule has 1 N–H and O–H groups in total. The normalized spacial score (nSPS) is 14.2. The number of nitrogens with one attached hydrogen (secondary N) is 1. The van der Waals surface area contributed by atoms with Crippen molar-refractivity contribution in [1.82, 2.24) is 10.4 Å². The van der Waals surface area contributed by atoms with Crippen molar-refractivity contribution < 1.29 is 13.9 Å². The number of benzene rings is 2. The minimum absolute atomic E-state index is 0.322. The first-order chi connectivity index (χ1) is 16.2. The number of aromatic nitrogens is 1. The number of hydrogen-bond donors (Lipinski definition) is 1. The third kappa shape index (κ3) is 4.76. The molecule has 1 fully saturated rings. The number of thiophene rings is 1. The van der Waals surface area contributed by atoms with E-state index in [-0.39, 0.29) is 11.7 Å². The van der Waals surface area contributed by atoms with Crippen molar-refractivity contribution in [3.63, 3.8) is 0 Å². The Morgan fingerprint density at radius 3 is 2.70 bits per heavy atom. The number of fused-ring (bicyclic) bond motifs is 1. The van der Waals surface area contributed by atoms with Crippen molar-refractivity contribution in [3.05, 3.63) is 83.0 Å². The van der Waals surface area contributed by atoms with Gasteiger partial charge in [0.15, 0.2) is 0 Å². The molecule has 1 aliphatic rings. The molecule has 0 saturated carbocycles. The van der Waals surface area contributed by atoms with Crippen molar-refractivity contribution in [2.75, 3.05) is 31.2 Å². The highest BCUT2D eigenvalue weighted by Crippen LogP contribution is 2.26. The number of nitrogens with zero attached hydrogens (tertiary/aromatic N) is 3. The average Bonchev–Trinajstić information content (AvgIpc) is 3.33. The summed E-state index contributed by atoms with van der Waals surface area (Å²) >= 11 is 1.62. The van der Waals surface area contributed by atoms with Crippen LogP contribution in [-0.2, 0) is 4.74 Å². The molecule has 0 spiro atoms. The van der Waals surface area contributed by atoms with Crippen molar-refractivity contribution in [1.29, 1.82) is 0 Å². The van der Waals surface area contributed by atoms with Crippen LogP contribution in [0.4, 0.5) is 9.39 Å². The largest absolute Gasteiger partial charge is 0.378 e. The Morgan fingerprint density at radius 1 is 1.09 bits per heavy atom. The molecule has 0 radical (unpaired) electrons. The van der Waals surface area contributed by atoms with Gasteiger partial charge in [0.2, 0.25) is 0 Å². The molecule has 6 nitrogen and oxygen atoms in total. The average molecular weight is 461 g/mol. The Hall–Kier alpha value is -3.62. The summed E-state index contributed by atoms with van der Waals surface area (Å²) in [5.41, 5.74) is 5.09. The summed E-state index contributed by atoms with van der Waals surface area (Å²) in [7, 11) is 0. The van der Waals surface area contributed by atoms with Gasteiger partial charge in [-0.1, -0.05) is 18.2 Å². The van der Waals surface area contributed by atoms with Gasteiger partial charge < -0.3 is 9.64 Å². The molecule has 0 aliphatic carbocycles. The SMILES string of the molecule is O=C(NN=Cc1ccc(N2CCOCC2)s1)c1cc(-c2ccc(F)cc2)nc2ccccc12. The van der Waals surface area contributed by atoms with E-state index in [0.717, 1.165) is 47.1 Å². The molecule has 1 aliphatic heterocycles. The van der Waals surface area contributed by atoms with Gasteiger partial charge in [0, 0.05) is 28.9 Å². The highest BCUT2D eigenvalue weighted by atomic mass is 32.1. The monoisotopic (exact) mass is 460 g/mol. The lowest BCUT2D eigenvalue weighted by atomic mass is 10.0. The van der Waals surface area contributed by atoms with Crippen molar-refractivity contribution in [2.45, 2.75) is 0 Å². The minimum Gasteiger partial charge on any atom is -0.378 e. The first-order valence-electron chi connectivity index (χ1n) is 10.6. The number of anilines is 1. The van der Waals surface area contributed by atoms with Gasteiger partial charge in [-0.2, -0.15) is 5.10 Å². The molecule has 0 bridgehead atoms. The van der Waals surface area contributed by atoms with E-state index in [1.807, 2.05) is 30.3 Å². The lowest BCUT2D eigenvalue weighted by Crippen LogP contribution is -2.35. The fourth-order valence-electron chi connectivity index (χ4n) is 3.71. The molecule has 1 amide bonds. The molecule has 8 heteroatoms. The number of hydrogen-bond acceptors (Lipinski definition) is 6. The standard InChI is InChI=1S/C25H21FN4O2S/c26-18-7-5-17(6-8-18)23-15-21(20-3-1-2-4-22(20)28-23)25(31)29-27-16-19-9-10-24(33-19)30-11-13-32-14-12-30/h1-10,15-16H,11-14H2,(H,29,31). The van der Waals surface area contributed by atoms with Crippen LogP contribution in [0, 0.1) is 5.82 Å². The van der Waals surface area contributed by atoms with Crippen LogP contribution in [0.3, 0.4) is 0 Å². The third-order valence-corrected chi connectivity index (χ3v) is 6.47. The summed E-state index contributed by atoms with van der Waals surface area (Å²) < 4.78 is 18.7. The number of halogens is 1. The fraction of sp³-hybridized carbons (Fsp3) is 0.160. The fourth-order valence-corrected chi connectivity index (χ4v) is 4.64. The van der Waals surface area contributed by atoms with E-state index < -0.39 is 0 Å². The molecular weight excluding hydrogens is 439 g/mol. The predicted octanol–water partition coefficient (Wildman–Crippen LogP) is 4.70. The molecule has 166 valence electrons. The topological polar surface area (TPSA) is 66.8 Å². The van der Waals surface area contributed by atoms with Crippen LogP contribution >= 0.6 is 11.3 Å². The quantitative estimate of drug-likeness (QED) is 0.346. The van der Waals surface area contributed by atoms with E-state index in [1.54, 1.807) is 35.8 Å². The zero-order valence-corrected chi connectivity index (χ0v) is 18.5. The third-order valence-electron chi connectivity index (χ3n) is 5.39. The number of morpholine rings is 1. The first kappa shape index (κ1) is 21.2. The Bertz CT molecular complexity index is 1310. The van der Waals surface area contributed by atoms with Crippen LogP contribution in [-0.4, -0.2) is 43.4 Å². The Labute approximate surface area is 194 Å². The number of carbonyl (C=O) groups excluding carboxylic acids is 1. The molecule has 2 aromatic heterocycles. The maximum Gasteiger partial charge on any atom is 0.272 e. The van der Waals surface area contributed by atoms with Crippen molar-refractivity contribution in [3.8, 4) is 11.3 Å². The van der Waals surface area contributed by atoms with Crippen LogP contribution < -0.4 is 10.3 Å². The van der Waals surface area contributed by atoms with Gasteiger partial charge >= 0.3 is 0 Å². The second-order valence-corrected chi connectivity index (χ2v) is 8.65. The van der Waals surface area contributed by atoms with Crippen molar-refractivity contribution in [2.24, 2.45) is 5.10 Å². The second kappa shape index (κ2) is 9.48. The van der Waals surface area contributed by atoms with Gasteiger partial charge in [-0.3, -0.25) is 4.79 Å². The van der Waals surface area contributed by atoms with Gasteiger partial charge in [-0.05, 0) is 48.5 Å². The Morgan fingerprint density at radius 2 is 1.88 bits per heavy atom. The number of carbonyl (C=O) groups is 1. The molecule has 33 heavy (non-hydrogen) atoms. The van der Waals surface area contributed by atoms with Gasteiger partial charge in [0.1, 0.15) is 5.82 Å². The Balaban J connectivity index is 1.37. The number of amides is 1. The number of para-hydroxylation sites is 1. The highest BCUT2D eigenvalue weighted by Gasteiger charge is 2.15. The van der Waals surface area contributed by atoms with Crippen LogP contribution in [0.1, 0.15) is 15.2 Å². The van der Waals surface area contributed by atoms with Crippen LogP contribution in [0.15, 0.2) is 71.8 Å². The van der Waals surface area contributed by atoms with Crippen LogP contribution in [0.2, 0.25) is 0 Å². The molecule has 5 rings (SSSR count). The maximum absolute atomic E-state index is 13.3.